The van der Waals surface area contributed by atoms with E-state index >= 15 is 0 Å². The molecule has 20 heavy (non-hydrogen) atoms. The van der Waals surface area contributed by atoms with E-state index in [1.807, 2.05) is 13.8 Å². The first kappa shape index (κ1) is 17.1. The van der Waals surface area contributed by atoms with Crippen molar-refractivity contribution in [3.63, 3.8) is 0 Å². The van der Waals surface area contributed by atoms with Gasteiger partial charge in [0.25, 0.3) is 0 Å². The molecule has 0 atom stereocenters. The van der Waals surface area contributed by atoms with E-state index in [-0.39, 0.29) is 10.3 Å². The molecule has 1 rings (SSSR count). The van der Waals surface area contributed by atoms with E-state index in [2.05, 4.69) is 30.6 Å². The number of nitrogens with two attached hydrogens (primary N) is 1. The Hall–Kier alpha value is -0.920. The molecule has 0 bridgehead atoms. The fourth-order valence-corrected chi connectivity index (χ4v) is 3.89. The molecule has 0 radical (unpaired) electrons. The second-order valence-corrected chi connectivity index (χ2v) is 8.64. The molecule has 0 aromatic carbocycles. The Kier molecular flexibility index (Phi) is 4.99. The molecule has 0 unspecified atom stereocenters. The first-order chi connectivity index (χ1) is 8.95. The molecule has 1 aromatic heterocycles. The van der Waals surface area contributed by atoms with Crippen LogP contribution in [0.4, 0.5) is 0 Å². The van der Waals surface area contributed by atoms with Gasteiger partial charge in [-0.2, -0.15) is 5.10 Å². The molecule has 0 fully saturated rings. The zero-order valence-electron chi connectivity index (χ0n) is 13.0. The molecule has 0 saturated heterocycles. The minimum atomic E-state index is -3.56. The van der Waals surface area contributed by atoms with Gasteiger partial charge in [-0.05, 0) is 25.7 Å². The summed E-state index contributed by atoms with van der Waals surface area (Å²) in [5, 5.41) is 3.99. The van der Waals surface area contributed by atoms with Crippen molar-refractivity contribution in [3.8, 4) is 0 Å². The number of nitrogens with one attached hydrogen (secondary N) is 1. The Morgan fingerprint density at radius 1 is 1.30 bits per heavy atom. The largest absolute Gasteiger partial charge is 0.329 e. The molecular formula is C13H26N4O2S. The van der Waals surface area contributed by atoms with Gasteiger partial charge in [-0.3, -0.25) is 4.68 Å². The van der Waals surface area contributed by atoms with Crippen molar-refractivity contribution in [1.82, 2.24) is 14.5 Å². The molecule has 0 amide bonds. The van der Waals surface area contributed by atoms with Crippen molar-refractivity contribution >= 4 is 10.0 Å². The van der Waals surface area contributed by atoms with Gasteiger partial charge < -0.3 is 5.73 Å². The Labute approximate surface area is 121 Å². The summed E-state index contributed by atoms with van der Waals surface area (Å²) in [5.41, 5.74) is 4.94. The third kappa shape index (κ3) is 5.22. The van der Waals surface area contributed by atoms with E-state index in [1.54, 1.807) is 0 Å². The van der Waals surface area contributed by atoms with E-state index in [4.69, 9.17) is 5.73 Å². The fraction of sp³-hybridized carbons (Fsp3) is 0.769. The number of sulfonamides is 1. The molecule has 6 nitrogen and oxygen atoms in total. The number of rotatable bonds is 6. The molecule has 1 aromatic rings. The molecule has 7 heteroatoms. The maximum atomic E-state index is 12.4. The quantitative estimate of drug-likeness (QED) is 0.829. The van der Waals surface area contributed by atoms with Gasteiger partial charge in [0.1, 0.15) is 4.90 Å². The summed E-state index contributed by atoms with van der Waals surface area (Å²) in [6.45, 7) is 11.0. The Morgan fingerprint density at radius 2 is 1.90 bits per heavy atom. The van der Waals surface area contributed by atoms with Gasteiger partial charge in [0.15, 0.2) is 0 Å². The van der Waals surface area contributed by atoms with Crippen LogP contribution in [0.2, 0.25) is 0 Å². The second-order valence-electron chi connectivity index (χ2n) is 6.95. The van der Waals surface area contributed by atoms with Crippen LogP contribution in [0.15, 0.2) is 17.3 Å². The van der Waals surface area contributed by atoms with Crippen molar-refractivity contribution in [1.29, 1.82) is 0 Å². The van der Waals surface area contributed by atoms with E-state index in [1.165, 1.54) is 17.1 Å². The summed E-state index contributed by atoms with van der Waals surface area (Å²) in [6.07, 6.45) is 3.59. The molecule has 0 saturated carbocycles. The summed E-state index contributed by atoms with van der Waals surface area (Å²) in [4.78, 5) is 0.174. The van der Waals surface area contributed by atoms with Crippen molar-refractivity contribution in [2.24, 2.45) is 11.1 Å². The van der Waals surface area contributed by atoms with Gasteiger partial charge in [0.2, 0.25) is 10.0 Å². The first-order valence-electron chi connectivity index (χ1n) is 6.72. The molecule has 116 valence electrons. The standard InChI is InChI=1S/C13H26N4O2S/c1-12(2,3)10-13(4,5)16-20(18,19)11-8-15-17(9-11)7-6-14/h8-9,16H,6-7,10,14H2,1-5H3. The van der Waals surface area contributed by atoms with Gasteiger partial charge in [-0.25, -0.2) is 13.1 Å². The lowest BCUT2D eigenvalue weighted by Crippen LogP contribution is -2.45. The predicted octanol–water partition coefficient (Wildman–Crippen LogP) is 1.33. The van der Waals surface area contributed by atoms with Gasteiger partial charge >= 0.3 is 0 Å². The minimum Gasteiger partial charge on any atom is -0.329 e. The summed E-state index contributed by atoms with van der Waals surface area (Å²) >= 11 is 0. The van der Waals surface area contributed by atoms with E-state index in [9.17, 15) is 8.42 Å². The zero-order chi connectivity index (χ0) is 15.6. The zero-order valence-corrected chi connectivity index (χ0v) is 13.8. The van der Waals surface area contributed by atoms with Crippen LogP contribution in [-0.2, 0) is 16.6 Å². The SMILES string of the molecule is CC(C)(C)CC(C)(C)NS(=O)(=O)c1cnn(CCN)c1. The fourth-order valence-electron chi connectivity index (χ4n) is 2.52. The maximum Gasteiger partial charge on any atom is 0.244 e. The topological polar surface area (TPSA) is 90.0 Å². The Morgan fingerprint density at radius 3 is 2.40 bits per heavy atom. The number of hydrogen-bond donors (Lipinski definition) is 2. The van der Waals surface area contributed by atoms with Crippen molar-refractivity contribution in [2.45, 2.75) is 58.0 Å². The minimum absolute atomic E-state index is 0.0375. The average Bonchev–Trinajstić information content (AvgIpc) is 2.61. The normalized spacial score (nSPS) is 13.7. The van der Waals surface area contributed by atoms with Crippen LogP contribution in [0, 0.1) is 5.41 Å². The van der Waals surface area contributed by atoms with Gasteiger partial charge in [-0.15, -0.1) is 0 Å². The van der Waals surface area contributed by atoms with Crippen LogP contribution in [0.3, 0.4) is 0 Å². The van der Waals surface area contributed by atoms with Gasteiger partial charge in [0, 0.05) is 18.3 Å². The summed E-state index contributed by atoms with van der Waals surface area (Å²) < 4.78 is 29.0. The van der Waals surface area contributed by atoms with Crippen molar-refractivity contribution < 1.29 is 8.42 Å². The average molecular weight is 302 g/mol. The monoisotopic (exact) mass is 302 g/mol. The molecule has 0 aliphatic rings. The lowest BCUT2D eigenvalue weighted by atomic mass is 9.82. The van der Waals surface area contributed by atoms with Crippen LogP contribution < -0.4 is 10.5 Å². The molecule has 1 heterocycles. The van der Waals surface area contributed by atoms with E-state index in [0.29, 0.717) is 13.1 Å². The predicted molar refractivity (Wildman–Crippen MR) is 79.8 cm³/mol. The van der Waals surface area contributed by atoms with Crippen LogP contribution in [0.25, 0.3) is 0 Å². The highest BCUT2D eigenvalue weighted by molar-refractivity contribution is 7.89. The number of nitrogens with zero attached hydrogens (tertiary/aromatic N) is 2. The number of hydrogen-bond acceptors (Lipinski definition) is 4. The second kappa shape index (κ2) is 5.83. The van der Waals surface area contributed by atoms with Crippen LogP contribution in [-0.4, -0.2) is 30.3 Å². The van der Waals surface area contributed by atoms with Crippen LogP contribution in [0.1, 0.15) is 41.0 Å². The summed E-state index contributed by atoms with van der Waals surface area (Å²) in [5.74, 6) is 0. The maximum absolute atomic E-state index is 12.4. The van der Waals surface area contributed by atoms with E-state index < -0.39 is 15.6 Å². The third-order valence-corrected chi connectivity index (χ3v) is 4.31. The van der Waals surface area contributed by atoms with E-state index in [0.717, 1.165) is 6.42 Å². The molecule has 0 aliphatic carbocycles. The Bertz CT molecular complexity index is 541. The number of aromatic nitrogens is 2. The van der Waals surface area contributed by atoms with Gasteiger partial charge in [0.05, 0.1) is 12.7 Å². The summed E-state index contributed by atoms with van der Waals surface area (Å²) in [6, 6.07) is 0. The van der Waals surface area contributed by atoms with Gasteiger partial charge in [-0.1, -0.05) is 20.8 Å². The molecule has 3 N–H and O–H groups in total. The molecule has 0 spiro atoms. The van der Waals surface area contributed by atoms with Crippen molar-refractivity contribution in [3.05, 3.63) is 12.4 Å². The third-order valence-electron chi connectivity index (χ3n) is 2.66. The molecule has 0 aliphatic heterocycles. The van der Waals surface area contributed by atoms with Crippen LogP contribution >= 0.6 is 0 Å². The highest BCUT2D eigenvalue weighted by atomic mass is 32.2. The Balaban J connectivity index is 2.88. The molecular weight excluding hydrogens is 276 g/mol. The highest BCUT2D eigenvalue weighted by Crippen LogP contribution is 2.28. The lowest BCUT2D eigenvalue weighted by Gasteiger charge is -2.32. The lowest BCUT2D eigenvalue weighted by molar-refractivity contribution is 0.269. The first-order valence-corrected chi connectivity index (χ1v) is 8.20. The smallest absolute Gasteiger partial charge is 0.244 e. The van der Waals surface area contributed by atoms with Crippen LogP contribution in [0.5, 0.6) is 0 Å². The van der Waals surface area contributed by atoms with Crippen molar-refractivity contribution in [2.75, 3.05) is 6.54 Å². The summed E-state index contributed by atoms with van der Waals surface area (Å²) in [7, 11) is -3.56. The highest BCUT2D eigenvalue weighted by Gasteiger charge is 2.31.